The lowest BCUT2D eigenvalue weighted by molar-refractivity contribution is -0.140. The Labute approximate surface area is 129 Å². The third-order valence-electron chi connectivity index (χ3n) is 3.60. The average molecular weight is 303 g/mol. The van der Waals surface area contributed by atoms with Gasteiger partial charge in [0.2, 0.25) is 0 Å². The molecule has 1 aromatic carbocycles. The molecule has 3 atom stereocenters. The van der Waals surface area contributed by atoms with Crippen LogP contribution in [0.3, 0.4) is 0 Å². The van der Waals surface area contributed by atoms with E-state index in [-0.39, 0.29) is 12.5 Å². The third kappa shape index (κ3) is 4.19. The second kappa shape index (κ2) is 7.24. The van der Waals surface area contributed by atoms with Crippen molar-refractivity contribution in [2.75, 3.05) is 0 Å². The highest BCUT2D eigenvalue weighted by molar-refractivity contribution is 5.73. The molecule has 0 amide bonds. The van der Waals surface area contributed by atoms with E-state index in [0.717, 1.165) is 5.56 Å². The van der Waals surface area contributed by atoms with Gasteiger partial charge in [0.15, 0.2) is 0 Å². The standard InChI is InChI=1S/C17H21NO4/c1-11-8-9-16(22-11)15(19)10-14(17(20)21)18-12(2)13-6-4-3-5-7-13/h3-9,12,14-15,18-19H,10H2,1-2H3,(H,20,21)/t12-,14-,15+/m0/s1. The largest absolute Gasteiger partial charge is 0.480 e. The van der Waals surface area contributed by atoms with Gasteiger partial charge in [-0.15, -0.1) is 0 Å². The van der Waals surface area contributed by atoms with Crippen molar-refractivity contribution in [2.24, 2.45) is 0 Å². The smallest absolute Gasteiger partial charge is 0.320 e. The van der Waals surface area contributed by atoms with Crippen LogP contribution in [0.25, 0.3) is 0 Å². The molecule has 22 heavy (non-hydrogen) atoms. The first kappa shape index (κ1) is 16.3. The van der Waals surface area contributed by atoms with Gasteiger partial charge in [0.25, 0.3) is 0 Å². The summed E-state index contributed by atoms with van der Waals surface area (Å²) in [7, 11) is 0. The van der Waals surface area contributed by atoms with Gasteiger partial charge in [-0.3, -0.25) is 10.1 Å². The molecule has 0 unspecified atom stereocenters. The van der Waals surface area contributed by atoms with Crippen LogP contribution in [0.1, 0.15) is 42.6 Å². The minimum Gasteiger partial charge on any atom is -0.480 e. The van der Waals surface area contributed by atoms with Gasteiger partial charge < -0.3 is 14.6 Å². The molecule has 0 saturated carbocycles. The number of carboxylic acids is 1. The Morgan fingerprint density at radius 2 is 1.91 bits per heavy atom. The van der Waals surface area contributed by atoms with Gasteiger partial charge in [-0.25, -0.2) is 0 Å². The Morgan fingerprint density at radius 1 is 1.23 bits per heavy atom. The number of furan rings is 1. The first-order valence-electron chi connectivity index (χ1n) is 7.25. The Kier molecular flexibility index (Phi) is 5.35. The van der Waals surface area contributed by atoms with Crippen molar-refractivity contribution in [3.63, 3.8) is 0 Å². The van der Waals surface area contributed by atoms with Crippen molar-refractivity contribution in [1.82, 2.24) is 5.32 Å². The zero-order valence-corrected chi connectivity index (χ0v) is 12.7. The summed E-state index contributed by atoms with van der Waals surface area (Å²) in [6, 6.07) is 12.0. The lowest BCUT2D eigenvalue weighted by Gasteiger charge is -2.22. The number of aryl methyl sites for hydroxylation is 1. The molecule has 0 bridgehead atoms. The zero-order chi connectivity index (χ0) is 16.1. The monoisotopic (exact) mass is 303 g/mol. The highest BCUT2D eigenvalue weighted by Gasteiger charge is 2.25. The summed E-state index contributed by atoms with van der Waals surface area (Å²) in [4.78, 5) is 11.4. The second-order valence-corrected chi connectivity index (χ2v) is 5.39. The maximum absolute atomic E-state index is 11.4. The lowest BCUT2D eigenvalue weighted by atomic mass is 10.0. The van der Waals surface area contributed by atoms with Crippen LogP contribution in [0, 0.1) is 6.92 Å². The van der Waals surface area contributed by atoms with Crippen molar-refractivity contribution in [3.05, 3.63) is 59.5 Å². The third-order valence-corrected chi connectivity index (χ3v) is 3.60. The molecule has 118 valence electrons. The van der Waals surface area contributed by atoms with Crippen molar-refractivity contribution in [3.8, 4) is 0 Å². The SMILES string of the molecule is Cc1ccc([C@H](O)C[C@H](N[C@@H](C)c2ccccc2)C(=O)O)o1. The van der Waals surface area contributed by atoms with Crippen LogP contribution >= 0.6 is 0 Å². The number of aliphatic hydroxyl groups excluding tert-OH is 1. The summed E-state index contributed by atoms with van der Waals surface area (Å²) in [5, 5.41) is 22.5. The summed E-state index contributed by atoms with van der Waals surface area (Å²) in [6.07, 6.45) is -0.912. The molecule has 1 heterocycles. The average Bonchev–Trinajstić information content (AvgIpc) is 2.94. The number of carboxylic acid groups (broad SMARTS) is 1. The van der Waals surface area contributed by atoms with Gasteiger partial charge in [0.05, 0.1) is 0 Å². The van der Waals surface area contributed by atoms with Gasteiger partial charge in [-0.05, 0) is 31.5 Å². The number of carbonyl (C=O) groups is 1. The van der Waals surface area contributed by atoms with Crippen LogP contribution in [-0.4, -0.2) is 22.2 Å². The quantitative estimate of drug-likeness (QED) is 0.732. The van der Waals surface area contributed by atoms with Gasteiger partial charge in [0, 0.05) is 12.5 Å². The number of aliphatic hydroxyl groups is 1. The number of hydrogen-bond donors (Lipinski definition) is 3. The van der Waals surface area contributed by atoms with Crippen molar-refractivity contribution in [2.45, 2.75) is 38.5 Å². The lowest BCUT2D eigenvalue weighted by Crippen LogP contribution is -2.39. The molecule has 1 aromatic heterocycles. The van der Waals surface area contributed by atoms with Crippen molar-refractivity contribution >= 4 is 5.97 Å². The fourth-order valence-electron chi connectivity index (χ4n) is 2.35. The Morgan fingerprint density at radius 3 is 2.45 bits per heavy atom. The summed E-state index contributed by atoms with van der Waals surface area (Å²) in [5.74, 6) is 0.0783. The van der Waals surface area contributed by atoms with E-state index in [9.17, 15) is 15.0 Å². The van der Waals surface area contributed by atoms with E-state index in [2.05, 4.69) is 5.32 Å². The number of benzene rings is 1. The fourth-order valence-corrected chi connectivity index (χ4v) is 2.35. The first-order chi connectivity index (χ1) is 10.5. The minimum atomic E-state index is -0.995. The van der Waals surface area contributed by atoms with E-state index < -0.39 is 18.1 Å². The van der Waals surface area contributed by atoms with E-state index >= 15 is 0 Å². The molecule has 5 nitrogen and oxygen atoms in total. The Hall–Kier alpha value is -2.11. The van der Waals surface area contributed by atoms with Gasteiger partial charge in [-0.1, -0.05) is 30.3 Å². The molecule has 0 spiro atoms. The molecule has 2 rings (SSSR count). The van der Waals surface area contributed by atoms with Gasteiger partial charge in [-0.2, -0.15) is 0 Å². The number of hydrogen-bond acceptors (Lipinski definition) is 4. The maximum atomic E-state index is 11.4. The molecule has 5 heteroatoms. The number of aliphatic carboxylic acids is 1. The molecule has 0 aliphatic heterocycles. The first-order valence-corrected chi connectivity index (χ1v) is 7.25. The van der Waals surface area contributed by atoms with Crippen LogP contribution in [0.5, 0.6) is 0 Å². The molecule has 0 radical (unpaired) electrons. The summed E-state index contributed by atoms with van der Waals surface area (Å²) in [5.41, 5.74) is 0.997. The van der Waals surface area contributed by atoms with Crippen LogP contribution in [-0.2, 0) is 4.79 Å². The van der Waals surface area contributed by atoms with Crippen LogP contribution in [0.2, 0.25) is 0 Å². The fraction of sp³-hybridized carbons (Fsp3) is 0.353. The van der Waals surface area contributed by atoms with Crippen LogP contribution in [0.15, 0.2) is 46.9 Å². The van der Waals surface area contributed by atoms with E-state index in [4.69, 9.17) is 4.42 Å². The molecular weight excluding hydrogens is 282 g/mol. The minimum absolute atomic E-state index is 0.0411. The van der Waals surface area contributed by atoms with Gasteiger partial charge in [0.1, 0.15) is 23.7 Å². The summed E-state index contributed by atoms with van der Waals surface area (Å²) >= 11 is 0. The Balaban J connectivity index is 2.02. The maximum Gasteiger partial charge on any atom is 0.320 e. The molecule has 2 aromatic rings. The predicted molar refractivity (Wildman–Crippen MR) is 82.4 cm³/mol. The van der Waals surface area contributed by atoms with E-state index in [0.29, 0.717) is 11.5 Å². The van der Waals surface area contributed by atoms with E-state index in [1.165, 1.54) is 0 Å². The normalized spacial score (nSPS) is 15.2. The van der Waals surface area contributed by atoms with E-state index in [1.54, 1.807) is 19.1 Å². The van der Waals surface area contributed by atoms with Crippen LogP contribution < -0.4 is 5.32 Å². The number of rotatable bonds is 7. The highest BCUT2D eigenvalue weighted by atomic mass is 16.4. The zero-order valence-electron chi connectivity index (χ0n) is 12.7. The van der Waals surface area contributed by atoms with Crippen LogP contribution in [0.4, 0.5) is 0 Å². The Bertz CT molecular complexity index is 608. The molecule has 0 aliphatic rings. The topological polar surface area (TPSA) is 82.7 Å². The second-order valence-electron chi connectivity index (χ2n) is 5.39. The van der Waals surface area contributed by atoms with Crippen molar-refractivity contribution < 1.29 is 19.4 Å². The summed E-state index contributed by atoms with van der Waals surface area (Å²) < 4.78 is 5.34. The predicted octanol–water partition coefficient (Wildman–Crippen LogP) is 2.82. The highest BCUT2D eigenvalue weighted by Crippen LogP contribution is 2.22. The molecule has 0 fully saturated rings. The molecule has 3 N–H and O–H groups in total. The molecule has 0 saturated heterocycles. The molecular formula is C17H21NO4. The summed E-state index contributed by atoms with van der Waals surface area (Å²) in [6.45, 7) is 3.68. The molecule has 0 aliphatic carbocycles. The number of nitrogens with one attached hydrogen (secondary N) is 1. The van der Waals surface area contributed by atoms with Gasteiger partial charge >= 0.3 is 5.97 Å². The van der Waals surface area contributed by atoms with Crippen molar-refractivity contribution in [1.29, 1.82) is 0 Å². The van der Waals surface area contributed by atoms with E-state index in [1.807, 2.05) is 37.3 Å².